The van der Waals surface area contributed by atoms with E-state index in [-0.39, 0.29) is 6.61 Å². The van der Waals surface area contributed by atoms with Gasteiger partial charge in [0.25, 0.3) is 0 Å². The number of aromatic nitrogens is 3. The van der Waals surface area contributed by atoms with Gasteiger partial charge in [-0.2, -0.15) is 5.10 Å². The zero-order valence-corrected chi connectivity index (χ0v) is 8.67. The molecule has 0 saturated heterocycles. The van der Waals surface area contributed by atoms with Crippen molar-refractivity contribution in [3.05, 3.63) is 6.33 Å². The number of thioether (sulfide) groups is 1. The van der Waals surface area contributed by atoms with Crippen molar-refractivity contribution in [1.82, 2.24) is 15.2 Å². The predicted octanol–water partition coefficient (Wildman–Crippen LogP) is 0.387. The van der Waals surface area contributed by atoms with Crippen molar-refractivity contribution >= 4 is 17.7 Å². The van der Waals surface area contributed by atoms with Gasteiger partial charge in [-0.15, -0.1) is 0 Å². The number of hydrogen-bond donors (Lipinski definition) is 2. The third kappa shape index (κ3) is 2.46. The summed E-state index contributed by atoms with van der Waals surface area (Å²) in [5.41, 5.74) is 0. The maximum absolute atomic E-state index is 11.0. The van der Waals surface area contributed by atoms with Crippen LogP contribution in [0.15, 0.2) is 11.5 Å². The van der Waals surface area contributed by atoms with Gasteiger partial charge in [0.1, 0.15) is 11.1 Å². The molecule has 1 rings (SSSR count). The summed E-state index contributed by atoms with van der Waals surface area (Å²) in [7, 11) is 1.46. The van der Waals surface area contributed by atoms with Crippen molar-refractivity contribution in [2.45, 2.75) is 16.8 Å². The molecule has 1 heterocycles. The molecule has 1 atom stereocenters. The lowest BCUT2D eigenvalue weighted by molar-refractivity contribution is -0.140. The molecule has 78 valence electrons. The number of aliphatic carboxylic acids is 1. The number of carbonyl (C=O) groups is 1. The monoisotopic (exact) mass is 217 g/mol. The SMILES string of the molecule is COCC(C)(Sc1ncn[nH]1)C(=O)O. The maximum Gasteiger partial charge on any atom is 0.322 e. The van der Waals surface area contributed by atoms with E-state index in [1.165, 1.54) is 13.4 Å². The highest BCUT2D eigenvalue weighted by Gasteiger charge is 2.35. The van der Waals surface area contributed by atoms with Gasteiger partial charge in [-0.3, -0.25) is 9.89 Å². The Kier molecular flexibility index (Phi) is 3.48. The number of carboxylic acid groups (broad SMARTS) is 1. The highest BCUT2D eigenvalue weighted by molar-refractivity contribution is 8.01. The van der Waals surface area contributed by atoms with Crippen LogP contribution in [0.5, 0.6) is 0 Å². The minimum Gasteiger partial charge on any atom is -0.480 e. The number of carboxylic acids is 1. The molecule has 0 fully saturated rings. The van der Waals surface area contributed by atoms with Gasteiger partial charge in [0.05, 0.1) is 6.61 Å². The second-order valence-corrected chi connectivity index (χ2v) is 4.35. The summed E-state index contributed by atoms with van der Waals surface area (Å²) in [5.74, 6) is -0.944. The van der Waals surface area contributed by atoms with Crippen LogP contribution in [-0.4, -0.2) is 44.7 Å². The molecule has 6 nitrogen and oxygen atoms in total. The Balaban J connectivity index is 2.74. The Labute approximate surface area is 85.1 Å². The first-order valence-corrected chi connectivity index (χ1v) is 4.67. The van der Waals surface area contributed by atoms with Crippen LogP contribution < -0.4 is 0 Å². The Morgan fingerprint density at radius 3 is 3.00 bits per heavy atom. The molecule has 0 saturated carbocycles. The molecule has 0 aliphatic rings. The van der Waals surface area contributed by atoms with Gasteiger partial charge in [0, 0.05) is 7.11 Å². The molecule has 0 bridgehead atoms. The fourth-order valence-electron chi connectivity index (χ4n) is 0.867. The van der Waals surface area contributed by atoms with Crippen LogP contribution >= 0.6 is 11.8 Å². The molecule has 0 spiro atoms. The van der Waals surface area contributed by atoms with Crippen LogP contribution in [0.1, 0.15) is 6.92 Å². The first kappa shape index (κ1) is 11.0. The van der Waals surface area contributed by atoms with Crippen molar-refractivity contribution in [2.75, 3.05) is 13.7 Å². The average molecular weight is 217 g/mol. The van der Waals surface area contributed by atoms with Gasteiger partial charge in [0.15, 0.2) is 5.16 Å². The van der Waals surface area contributed by atoms with Crippen molar-refractivity contribution in [3.8, 4) is 0 Å². The zero-order valence-electron chi connectivity index (χ0n) is 7.85. The number of ether oxygens (including phenoxy) is 1. The van der Waals surface area contributed by atoms with Gasteiger partial charge in [-0.05, 0) is 6.92 Å². The van der Waals surface area contributed by atoms with E-state index >= 15 is 0 Å². The van der Waals surface area contributed by atoms with E-state index < -0.39 is 10.7 Å². The van der Waals surface area contributed by atoms with Crippen LogP contribution in [0.3, 0.4) is 0 Å². The topological polar surface area (TPSA) is 88.1 Å². The number of nitrogens with zero attached hydrogens (tertiary/aromatic N) is 2. The number of rotatable bonds is 5. The highest BCUT2D eigenvalue weighted by Crippen LogP contribution is 2.30. The van der Waals surface area contributed by atoms with Crippen LogP contribution in [-0.2, 0) is 9.53 Å². The molecule has 1 unspecified atom stereocenters. The Morgan fingerprint density at radius 2 is 2.57 bits per heavy atom. The summed E-state index contributed by atoms with van der Waals surface area (Å²) >= 11 is 1.08. The smallest absolute Gasteiger partial charge is 0.322 e. The third-order valence-electron chi connectivity index (χ3n) is 1.59. The largest absolute Gasteiger partial charge is 0.480 e. The number of aromatic amines is 1. The molecule has 0 aliphatic heterocycles. The van der Waals surface area contributed by atoms with E-state index in [1.807, 2.05) is 0 Å². The standard InChI is InChI=1S/C7H11N3O3S/c1-7(3-13-2,5(11)12)14-6-8-4-9-10-6/h4H,3H2,1-2H3,(H,11,12)(H,8,9,10). The van der Waals surface area contributed by atoms with E-state index in [0.29, 0.717) is 5.16 Å². The second kappa shape index (κ2) is 4.43. The molecule has 0 radical (unpaired) electrons. The van der Waals surface area contributed by atoms with E-state index in [9.17, 15) is 4.79 Å². The average Bonchev–Trinajstić information content (AvgIpc) is 2.56. The summed E-state index contributed by atoms with van der Waals surface area (Å²) in [6.45, 7) is 1.68. The second-order valence-electron chi connectivity index (χ2n) is 2.86. The van der Waals surface area contributed by atoms with Crippen molar-refractivity contribution in [2.24, 2.45) is 0 Å². The third-order valence-corrected chi connectivity index (χ3v) is 2.72. The Bertz CT molecular complexity index is 303. The van der Waals surface area contributed by atoms with Crippen LogP contribution in [0, 0.1) is 0 Å². The molecule has 0 aromatic carbocycles. The molecule has 7 heteroatoms. The van der Waals surface area contributed by atoms with E-state index in [1.54, 1.807) is 6.92 Å². The molecule has 0 aliphatic carbocycles. The summed E-state index contributed by atoms with van der Waals surface area (Å²) in [6, 6.07) is 0. The van der Waals surface area contributed by atoms with Crippen LogP contribution in [0.25, 0.3) is 0 Å². The van der Waals surface area contributed by atoms with Crippen molar-refractivity contribution < 1.29 is 14.6 Å². The number of H-pyrrole nitrogens is 1. The Hall–Kier alpha value is -1.08. The summed E-state index contributed by atoms with van der Waals surface area (Å²) in [4.78, 5) is 14.8. The van der Waals surface area contributed by atoms with Crippen LogP contribution in [0.4, 0.5) is 0 Å². The van der Waals surface area contributed by atoms with E-state index in [0.717, 1.165) is 11.8 Å². The van der Waals surface area contributed by atoms with Gasteiger partial charge in [-0.1, -0.05) is 11.8 Å². The first-order valence-electron chi connectivity index (χ1n) is 3.85. The lowest BCUT2D eigenvalue weighted by atomic mass is 10.2. The van der Waals surface area contributed by atoms with Gasteiger partial charge >= 0.3 is 5.97 Å². The minimum absolute atomic E-state index is 0.105. The van der Waals surface area contributed by atoms with Gasteiger partial charge < -0.3 is 9.84 Å². The summed E-state index contributed by atoms with van der Waals surface area (Å²) in [6.07, 6.45) is 1.33. The molecule has 1 aromatic rings. The molecular weight excluding hydrogens is 206 g/mol. The molecule has 14 heavy (non-hydrogen) atoms. The van der Waals surface area contributed by atoms with Gasteiger partial charge in [-0.25, -0.2) is 4.98 Å². The Morgan fingerprint density at radius 1 is 1.86 bits per heavy atom. The molecule has 1 aromatic heterocycles. The quantitative estimate of drug-likeness (QED) is 0.693. The maximum atomic E-state index is 11.0. The van der Waals surface area contributed by atoms with Crippen molar-refractivity contribution in [3.63, 3.8) is 0 Å². The highest BCUT2D eigenvalue weighted by atomic mass is 32.2. The normalized spacial score (nSPS) is 15.0. The van der Waals surface area contributed by atoms with Crippen molar-refractivity contribution in [1.29, 1.82) is 0 Å². The summed E-state index contributed by atoms with van der Waals surface area (Å²) in [5, 5.41) is 15.7. The number of hydrogen-bond acceptors (Lipinski definition) is 5. The number of nitrogens with one attached hydrogen (secondary N) is 1. The lowest BCUT2D eigenvalue weighted by Gasteiger charge is -2.21. The van der Waals surface area contributed by atoms with Crippen LogP contribution in [0.2, 0.25) is 0 Å². The lowest BCUT2D eigenvalue weighted by Crippen LogP contribution is -2.36. The summed E-state index contributed by atoms with van der Waals surface area (Å²) < 4.78 is 3.81. The van der Waals surface area contributed by atoms with Gasteiger partial charge in [0.2, 0.25) is 0 Å². The minimum atomic E-state index is -1.05. The number of methoxy groups -OCH3 is 1. The fraction of sp³-hybridized carbons (Fsp3) is 0.571. The van der Waals surface area contributed by atoms with E-state index in [2.05, 4.69) is 15.2 Å². The molecular formula is C7H11N3O3S. The fourth-order valence-corrected chi connectivity index (χ4v) is 1.76. The molecule has 0 amide bonds. The zero-order chi connectivity index (χ0) is 10.6. The van der Waals surface area contributed by atoms with E-state index in [4.69, 9.17) is 9.84 Å². The first-order chi connectivity index (χ1) is 6.58. The molecule has 2 N–H and O–H groups in total. The predicted molar refractivity (Wildman–Crippen MR) is 50.2 cm³/mol.